The van der Waals surface area contributed by atoms with Crippen molar-refractivity contribution in [1.29, 1.82) is 0 Å². The predicted molar refractivity (Wildman–Crippen MR) is 98.5 cm³/mol. The van der Waals surface area contributed by atoms with Crippen molar-refractivity contribution in [2.24, 2.45) is 9.98 Å². The van der Waals surface area contributed by atoms with Gasteiger partial charge >= 0.3 is 16.5 Å². The van der Waals surface area contributed by atoms with E-state index in [9.17, 15) is 0 Å². The summed E-state index contributed by atoms with van der Waals surface area (Å²) >= 11 is 0. The first-order valence-corrected chi connectivity index (χ1v) is 12.3. The van der Waals surface area contributed by atoms with Gasteiger partial charge in [0, 0.05) is 47.9 Å². The minimum Gasteiger partial charge on any atom is -0.309 e. The van der Waals surface area contributed by atoms with Crippen LogP contribution in [0, 0.1) is 20.5 Å². The van der Waals surface area contributed by atoms with E-state index in [2.05, 4.69) is 66.0 Å². The zero-order chi connectivity index (χ0) is 26.0. The molecular weight excluding hydrogens is 530 g/mol. The van der Waals surface area contributed by atoms with Crippen LogP contribution in [0.25, 0.3) is 0 Å². The van der Waals surface area contributed by atoms with Gasteiger partial charge in [0.25, 0.3) is 0 Å². The number of rotatable bonds is 0. The Bertz CT molecular complexity index is 587. The third-order valence-corrected chi connectivity index (χ3v) is 3.98. The van der Waals surface area contributed by atoms with Gasteiger partial charge in [-0.1, -0.05) is 0 Å². The maximum atomic E-state index is 8.49. The molecule has 0 bridgehead atoms. The van der Waals surface area contributed by atoms with Gasteiger partial charge in [0.05, 0.1) is 12.6 Å². The minimum absolute atomic E-state index is 0. The third-order valence-electron chi connectivity index (χ3n) is 3.98. The second-order valence-corrected chi connectivity index (χ2v) is 10.6. The minimum atomic E-state index is -4.94. The second-order valence-electron chi connectivity index (χ2n) is 9.09. The molecule has 2 unspecified atom stereocenters. The van der Waals surface area contributed by atoms with Crippen molar-refractivity contribution in [3.63, 3.8) is 0 Å². The van der Waals surface area contributed by atoms with Crippen LogP contribution in [0.3, 0.4) is 0 Å². The maximum absolute atomic E-state index is 8.49. The molecule has 0 aromatic carbocycles. The standard InChI is InChI=1S/C18H36N4.2ClHO4.Ni/c1-13-9-17(5,6)20-12-15(3)21-14(2)10-18(7,8)22-16(4)11-19-13;2*2-1(3,4)5;/h15-16,20,22H,9-12H2,1-8H3;2*(H,2,3,4,5);/q;;;+2/p-2. The van der Waals surface area contributed by atoms with Gasteiger partial charge in [0.1, 0.15) is 0 Å². The first-order valence-electron chi connectivity index (χ1n) is 9.78. The summed E-state index contributed by atoms with van der Waals surface area (Å²) in [6.07, 6.45) is 1.94. The molecule has 2 N–H and O–H groups in total. The monoisotopic (exact) mass is 564 g/mol. The molecule has 1 aliphatic rings. The molecule has 33 heavy (non-hydrogen) atoms. The zero-order valence-electron chi connectivity index (χ0n) is 20.2. The number of hydrogen-bond donors (Lipinski definition) is 2. The Labute approximate surface area is 210 Å². The molecular formula is C18H36Cl2N4NiO8. The Kier molecular flexibility index (Phi) is 18.1. The van der Waals surface area contributed by atoms with E-state index in [0.29, 0.717) is 12.1 Å². The molecule has 15 heteroatoms. The smallest absolute Gasteiger partial charge is 0.309 e. The van der Waals surface area contributed by atoms with Gasteiger partial charge in [-0.25, -0.2) is 37.3 Å². The summed E-state index contributed by atoms with van der Waals surface area (Å²) in [5.41, 5.74) is 2.54. The topological polar surface area (TPSA) is 233 Å². The van der Waals surface area contributed by atoms with E-state index in [4.69, 9.17) is 47.3 Å². The quantitative estimate of drug-likeness (QED) is 0.263. The van der Waals surface area contributed by atoms with Gasteiger partial charge in [0.15, 0.2) is 0 Å². The fourth-order valence-electron chi connectivity index (χ4n) is 3.35. The van der Waals surface area contributed by atoms with Crippen molar-refractivity contribution < 1.29 is 74.2 Å². The van der Waals surface area contributed by atoms with Crippen molar-refractivity contribution >= 4 is 11.4 Å². The molecule has 0 saturated heterocycles. The number of nitrogens with zero attached hydrogens (tertiary/aromatic N) is 2. The van der Waals surface area contributed by atoms with Crippen LogP contribution in [-0.2, 0) is 16.5 Å². The van der Waals surface area contributed by atoms with Crippen LogP contribution in [0.5, 0.6) is 0 Å². The maximum Gasteiger partial charge on any atom is 2.00 e. The van der Waals surface area contributed by atoms with Crippen LogP contribution in [0.15, 0.2) is 9.98 Å². The summed E-state index contributed by atoms with van der Waals surface area (Å²) < 4.78 is 67.9. The van der Waals surface area contributed by atoms with Crippen LogP contribution in [0.1, 0.15) is 68.2 Å². The van der Waals surface area contributed by atoms with E-state index < -0.39 is 20.5 Å². The van der Waals surface area contributed by atoms with Gasteiger partial charge in [-0.15, -0.1) is 20.5 Å². The molecule has 1 aliphatic heterocycles. The fraction of sp³-hybridized carbons (Fsp3) is 0.889. The summed E-state index contributed by atoms with van der Waals surface area (Å²) in [5, 5.41) is 7.34. The Morgan fingerprint density at radius 3 is 1.61 bits per heavy atom. The van der Waals surface area contributed by atoms with E-state index in [1.165, 1.54) is 11.4 Å². The van der Waals surface area contributed by atoms with Crippen molar-refractivity contribution in [3.8, 4) is 0 Å². The van der Waals surface area contributed by atoms with Crippen LogP contribution in [-0.4, -0.2) is 47.7 Å². The molecule has 1 rings (SSSR count). The molecule has 0 saturated carbocycles. The van der Waals surface area contributed by atoms with Gasteiger partial charge in [-0.3, -0.25) is 9.98 Å². The Morgan fingerprint density at radius 1 is 0.788 bits per heavy atom. The number of hydrogen-bond acceptors (Lipinski definition) is 12. The molecule has 200 valence electrons. The summed E-state index contributed by atoms with van der Waals surface area (Å²) in [6, 6.07) is 0.668. The molecule has 0 aromatic rings. The average Bonchev–Trinajstić information content (AvgIpc) is 2.45. The van der Waals surface area contributed by atoms with E-state index in [1.54, 1.807) is 0 Å². The molecule has 1 heterocycles. The normalized spacial score (nSPS) is 24.2. The van der Waals surface area contributed by atoms with Gasteiger partial charge in [-0.2, -0.15) is 0 Å². The van der Waals surface area contributed by atoms with Gasteiger partial charge in [0.2, 0.25) is 0 Å². The summed E-state index contributed by atoms with van der Waals surface area (Å²) in [6.45, 7) is 19.4. The van der Waals surface area contributed by atoms with Crippen LogP contribution >= 0.6 is 0 Å². The fourth-order valence-corrected chi connectivity index (χ4v) is 3.35. The summed E-state index contributed by atoms with van der Waals surface area (Å²) in [7, 11) is -9.89. The molecule has 0 aliphatic carbocycles. The van der Waals surface area contributed by atoms with E-state index in [1.807, 2.05) is 0 Å². The van der Waals surface area contributed by atoms with Crippen LogP contribution in [0.4, 0.5) is 0 Å². The molecule has 0 spiro atoms. The Hall–Kier alpha value is 0.0135. The molecule has 0 fully saturated rings. The van der Waals surface area contributed by atoms with Crippen LogP contribution < -0.4 is 47.9 Å². The largest absolute Gasteiger partial charge is 2.00 e. The molecule has 2 atom stereocenters. The van der Waals surface area contributed by atoms with Crippen LogP contribution in [0.2, 0.25) is 0 Å². The van der Waals surface area contributed by atoms with Gasteiger partial charge in [-0.05, 0) is 55.4 Å². The Morgan fingerprint density at radius 2 is 1.18 bits per heavy atom. The first kappa shape index (κ1) is 37.6. The SMILES string of the molecule is CC1=NCC(C)NC(C)(C)CC(C)=NC(C)CNC(C)(C)C1.[Ni+2].[O-][Cl+3]([O-])([O-])[O-].[O-][Cl+3]([O-])([O-])[O-]. The summed E-state index contributed by atoms with van der Waals surface area (Å²) in [5.74, 6) is 0. The summed E-state index contributed by atoms with van der Waals surface area (Å²) in [4.78, 5) is 9.63. The second kappa shape index (κ2) is 15.9. The van der Waals surface area contributed by atoms with Crippen molar-refractivity contribution in [1.82, 2.24) is 10.6 Å². The number of aliphatic imine (C=N–C) groups is 2. The van der Waals surface area contributed by atoms with E-state index in [-0.39, 0.29) is 27.6 Å². The first-order chi connectivity index (χ1) is 14.0. The van der Waals surface area contributed by atoms with Crippen molar-refractivity contribution in [2.45, 2.75) is 91.4 Å². The molecule has 12 nitrogen and oxygen atoms in total. The predicted octanol–water partition coefficient (Wildman–Crippen LogP) is -6.30. The molecule has 0 aromatic heterocycles. The average molecular weight is 566 g/mol. The van der Waals surface area contributed by atoms with Gasteiger partial charge < -0.3 is 10.6 Å². The zero-order valence-corrected chi connectivity index (χ0v) is 22.7. The van der Waals surface area contributed by atoms with E-state index >= 15 is 0 Å². The van der Waals surface area contributed by atoms with Crippen molar-refractivity contribution in [2.75, 3.05) is 13.1 Å². The number of halogens is 2. The number of nitrogens with one attached hydrogen (secondary N) is 2. The van der Waals surface area contributed by atoms with E-state index in [0.717, 1.165) is 25.9 Å². The molecule has 0 radical (unpaired) electrons. The molecule has 0 amide bonds. The Balaban J connectivity index is -0.000000686. The third kappa shape index (κ3) is 32.0. The van der Waals surface area contributed by atoms with Crippen molar-refractivity contribution in [3.05, 3.63) is 0 Å².